The molecule has 1 heterocycles. The van der Waals surface area contributed by atoms with Crippen LogP contribution in [0, 0.1) is 5.92 Å². The summed E-state index contributed by atoms with van der Waals surface area (Å²) in [4.78, 5) is 12.4. The molecule has 0 bridgehead atoms. The Bertz CT molecular complexity index is 271. The van der Waals surface area contributed by atoms with Crippen molar-refractivity contribution < 1.29 is 4.79 Å². The molecule has 2 rings (SSSR count). The Kier molecular flexibility index (Phi) is 4.08. The van der Waals surface area contributed by atoms with E-state index in [0.717, 1.165) is 51.0 Å². The second-order valence-corrected chi connectivity index (χ2v) is 5.95. The van der Waals surface area contributed by atoms with Crippen LogP contribution >= 0.6 is 0 Å². The SMILES string of the molecule is CCCC1(C(=O)NC2CCC(C)C2)CCCN1. The molecule has 2 fully saturated rings. The smallest absolute Gasteiger partial charge is 0.240 e. The second kappa shape index (κ2) is 5.38. The van der Waals surface area contributed by atoms with Crippen molar-refractivity contribution in [3.05, 3.63) is 0 Å². The van der Waals surface area contributed by atoms with Crippen molar-refractivity contribution in [2.24, 2.45) is 5.92 Å². The van der Waals surface area contributed by atoms with Gasteiger partial charge in [0, 0.05) is 6.04 Å². The summed E-state index contributed by atoms with van der Waals surface area (Å²) in [5.41, 5.74) is -0.249. The highest BCUT2D eigenvalue weighted by Gasteiger charge is 2.41. The van der Waals surface area contributed by atoms with Crippen LogP contribution in [0.5, 0.6) is 0 Å². The number of hydrogen-bond donors (Lipinski definition) is 2. The lowest BCUT2D eigenvalue weighted by Crippen LogP contribution is -2.55. The lowest BCUT2D eigenvalue weighted by molar-refractivity contribution is -0.128. The van der Waals surface area contributed by atoms with E-state index in [1.807, 2.05) is 0 Å². The Morgan fingerprint density at radius 3 is 2.82 bits per heavy atom. The third kappa shape index (κ3) is 2.82. The van der Waals surface area contributed by atoms with Gasteiger partial charge in [-0.2, -0.15) is 0 Å². The maximum Gasteiger partial charge on any atom is 0.240 e. The van der Waals surface area contributed by atoms with Crippen molar-refractivity contribution in [3.8, 4) is 0 Å². The molecule has 98 valence electrons. The van der Waals surface area contributed by atoms with Gasteiger partial charge in [0.2, 0.25) is 5.91 Å². The van der Waals surface area contributed by atoms with E-state index in [2.05, 4.69) is 24.5 Å². The van der Waals surface area contributed by atoms with Crippen LogP contribution in [0.2, 0.25) is 0 Å². The fourth-order valence-corrected chi connectivity index (χ4v) is 3.42. The topological polar surface area (TPSA) is 41.1 Å². The summed E-state index contributed by atoms with van der Waals surface area (Å²) < 4.78 is 0. The third-order valence-corrected chi connectivity index (χ3v) is 4.39. The molecule has 0 aromatic heterocycles. The number of carbonyl (C=O) groups is 1. The molecule has 0 aromatic carbocycles. The normalized spacial score (nSPS) is 37.3. The molecule has 0 aromatic rings. The minimum Gasteiger partial charge on any atom is -0.352 e. The van der Waals surface area contributed by atoms with Gasteiger partial charge in [0.25, 0.3) is 0 Å². The lowest BCUT2D eigenvalue weighted by atomic mass is 9.90. The van der Waals surface area contributed by atoms with Gasteiger partial charge < -0.3 is 10.6 Å². The Labute approximate surface area is 105 Å². The maximum absolute atomic E-state index is 12.4. The van der Waals surface area contributed by atoms with E-state index in [9.17, 15) is 4.79 Å². The summed E-state index contributed by atoms with van der Waals surface area (Å²) in [5, 5.41) is 6.72. The zero-order valence-corrected chi connectivity index (χ0v) is 11.2. The van der Waals surface area contributed by atoms with E-state index in [-0.39, 0.29) is 11.4 Å². The zero-order valence-electron chi connectivity index (χ0n) is 11.2. The molecular weight excluding hydrogens is 212 g/mol. The van der Waals surface area contributed by atoms with Crippen LogP contribution in [0.15, 0.2) is 0 Å². The fourth-order valence-electron chi connectivity index (χ4n) is 3.42. The van der Waals surface area contributed by atoms with E-state index >= 15 is 0 Å². The molecule has 17 heavy (non-hydrogen) atoms. The molecule has 0 spiro atoms. The van der Waals surface area contributed by atoms with Crippen molar-refractivity contribution in [3.63, 3.8) is 0 Å². The molecule has 3 heteroatoms. The van der Waals surface area contributed by atoms with Crippen LogP contribution in [0.25, 0.3) is 0 Å². The molecule has 1 saturated heterocycles. The van der Waals surface area contributed by atoms with Gasteiger partial charge in [-0.1, -0.05) is 20.3 Å². The average molecular weight is 238 g/mol. The summed E-state index contributed by atoms with van der Waals surface area (Å²) in [7, 11) is 0. The van der Waals surface area contributed by atoms with Gasteiger partial charge in [-0.25, -0.2) is 0 Å². The molecule has 1 aliphatic carbocycles. The van der Waals surface area contributed by atoms with E-state index in [0.29, 0.717) is 6.04 Å². The first-order valence-electron chi connectivity index (χ1n) is 7.22. The molecule has 1 amide bonds. The first-order valence-corrected chi connectivity index (χ1v) is 7.22. The standard InChI is InChI=1S/C14H26N2O/c1-3-7-14(8-4-9-15-14)13(17)16-12-6-5-11(2)10-12/h11-12,15H,3-10H2,1-2H3,(H,16,17). The van der Waals surface area contributed by atoms with Gasteiger partial charge in [-0.3, -0.25) is 4.79 Å². The number of amides is 1. The van der Waals surface area contributed by atoms with Crippen molar-refractivity contribution in [1.29, 1.82) is 0 Å². The molecule has 2 N–H and O–H groups in total. The van der Waals surface area contributed by atoms with Crippen molar-refractivity contribution >= 4 is 5.91 Å². The minimum atomic E-state index is -0.249. The Balaban J connectivity index is 1.92. The first-order chi connectivity index (χ1) is 8.16. The van der Waals surface area contributed by atoms with Gasteiger partial charge >= 0.3 is 0 Å². The highest BCUT2D eigenvalue weighted by Crippen LogP contribution is 2.28. The Morgan fingerprint density at radius 1 is 1.47 bits per heavy atom. The number of nitrogens with one attached hydrogen (secondary N) is 2. The highest BCUT2D eigenvalue weighted by atomic mass is 16.2. The minimum absolute atomic E-state index is 0.249. The van der Waals surface area contributed by atoms with Gasteiger partial charge in [-0.15, -0.1) is 0 Å². The zero-order chi connectivity index (χ0) is 12.3. The van der Waals surface area contributed by atoms with Crippen LogP contribution in [0.3, 0.4) is 0 Å². The monoisotopic (exact) mass is 238 g/mol. The van der Waals surface area contributed by atoms with Crippen LogP contribution < -0.4 is 10.6 Å². The molecule has 0 radical (unpaired) electrons. The van der Waals surface area contributed by atoms with Crippen LogP contribution in [-0.4, -0.2) is 24.0 Å². The van der Waals surface area contributed by atoms with Crippen molar-refractivity contribution in [2.45, 2.75) is 70.4 Å². The average Bonchev–Trinajstić information content (AvgIpc) is 2.89. The molecular formula is C14H26N2O. The fraction of sp³-hybridized carbons (Fsp3) is 0.929. The maximum atomic E-state index is 12.4. The Hall–Kier alpha value is -0.570. The molecule has 2 aliphatic rings. The van der Waals surface area contributed by atoms with Crippen molar-refractivity contribution in [2.75, 3.05) is 6.54 Å². The number of hydrogen-bond acceptors (Lipinski definition) is 2. The van der Waals surface area contributed by atoms with Gasteiger partial charge in [0.05, 0.1) is 5.54 Å². The third-order valence-electron chi connectivity index (χ3n) is 4.39. The molecule has 1 saturated carbocycles. The number of carbonyl (C=O) groups excluding carboxylic acids is 1. The summed E-state index contributed by atoms with van der Waals surface area (Å²) in [6.45, 7) is 5.43. The summed E-state index contributed by atoms with van der Waals surface area (Å²) >= 11 is 0. The Morgan fingerprint density at radius 2 is 2.29 bits per heavy atom. The quantitative estimate of drug-likeness (QED) is 0.788. The molecule has 3 atom stereocenters. The van der Waals surface area contributed by atoms with Crippen LogP contribution in [0.1, 0.15) is 58.8 Å². The molecule has 3 unspecified atom stereocenters. The molecule has 3 nitrogen and oxygen atoms in total. The summed E-state index contributed by atoms with van der Waals surface area (Å²) in [6, 6.07) is 0.425. The van der Waals surface area contributed by atoms with E-state index in [4.69, 9.17) is 0 Å². The molecule has 1 aliphatic heterocycles. The van der Waals surface area contributed by atoms with E-state index in [1.54, 1.807) is 0 Å². The summed E-state index contributed by atoms with van der Waals surface area (Å²) in [6.07, 6.45) is 7.77. The van der Waals surface area contributed by atoms with Gasteiger partial charge in [0.15, 0.2) is 0 Å². The predicted molar refractivity (Wildman–Crippen MR) is 69.8 cm³/mol. The van der Waals surface area contributed by atoms with Crippen LogP contribution in [-0.2, 0) is 4.79 Å². The number of rotatable bonds is 4. The van der Waals surface area contributed by atoms with E-state index in [1.165, 1.54) is 6.42 Å². The predicted octanol–water partition coefficient (Wildman–Crippen LogP) is 2.21. The van der Waals surface area contributed by atoms with Crippen LogP contribution in [0.4, 0.5) is 0 Å². The van der Waals surface area contributed by atoms with E-state index < -0.39 is 0 Å². The van der Waals surface area contributed by atoms with Crippen molar-refractivity contribution in [1.82, 2.24) is 10.6 Å². The lowest BCUT2D eigenvalue weighted by Gasteiger charge is -2.29. The first kappa shape index (κ1) is 12.9. The largest absolute Gasteiger partial charge is 0.352 e. The highest BCUT2D eigenvalue weighted by molar-refractivity contribution is 5.87. The second-order valence-electron chi connectivity index (χ2n) is 5.95. The summed E-state index contributed by atoms with van der Waals surface area (Å²) in [5.74, 6) is 1.04. The van der Waals surface area contributed by atoms with Gasteiger partial charge in [0.1, 0.15) is 0 Å². The van der Waals surface area contributed by atoms with Gasteiger partial charge in [-0.05, 0) is 51.0 Å².